The van der Waals surface area contributed by atoms with E-state index in [1.54, 1.807) is 18.2 Å². The summed E-state index contributed by atoms with van der Waals surface area (Å²) in [5.74, 6) is 0.853. The minimum absolute atomic E-state index is 0.0254. The average Bonchev–Trinajstić information content (AvgIpc) is 3.13. The van der Waals surface area contributed by atoms with E-state index >= 15 is 0 Å². The Morgan fingerprint density at radius 1 is 0.763 bits per heavy atom. The van der Waals surface area contributed by atoms with Crippen LogP contribution in [0.4, 0.5) is 17.1 Å². The fourth-order valence-electron chi connectivity index (χ4n) is 4.66. The van der Waals surface area contributed by atoms with E-state index in [0.29, 0.717) is 22.7 Å². The van der Waals surface area contributed by atoms with Crippen LogP contribution in [0.5, 0.6) is 11.5 Å². The van der Waals surface area contributed by atoms with Gasteiger partial charge in [-0.1, -0.05) is 42.5 Å². The number of benzene rings is 4. The molecular weight excluding hydrogens is 496 g/mol. The number of carbonyl (C=O) groups is 2. The largest absolute Gasteiger partial charge is 0.496 e. The molecule has 0 saturated carbocycles. The van der Waals surface area contributed by atoms with Crippen molar-refractivity contribution in [3.8, 4) is 11.5 Å². The van der Waals surface area contributed by atoms with Crippen molar-refractivity contribution >= 4 is 40.6 Å². The lowest BCUT2D eigenvalue weighted by Crippen LogP contribution is -2.28. The average molecular weight is 525 g/mol. The van der Waals surface area contributed by atoms with Gasteiger partial charge < -0.3 is 14.8 Å². The predicted octanol–water partition coefficient (Wildman–Crippen LogP) is 6.51. The molecule has 1 heterocycles. The number of anilines is 3. The standard InChI is InChI=1S/C31H28N2O4S/c1-36-27-12-7-13-28(37-2)30(27)31(35)32-23-16-18-24(19-17-23)38-20-29(34)33-25-10-5-3-8-21(25)14-15-22-9-4-6-11-26(22)33/h3-13,16-19H,14-15,20H2,1-2H3,(H,32,35). The van der Waals surface area contributed by atoms with Gasteiger partial charge in [0.2, 0.25) is 5.91 Å². The zero-order chi connectivity index (χ0) is 26.5. The lowest BCUT2D eigenvalue weighted by molar-refractivity contribution is -0.115. The molecule has 0 radical (unpaired) electrons. The zero-order valence-electron chi connectivity index (χ0n) is 21.3. The summed E-state index contributed by atoms with van der Waals surface area (Å²) in [5.41, 5.74) is 5.22. The first-order chi connectivity index (χ1) is 18.6. The molecule has 4 aromatic carbocycles. The Morgan fingerprint density at radius 3 is 1.87 bits per heavy atom. The smallest absolute Gasteiger partial charge is 0.263 e. The number of para-hydroxylation sites is 2. The van der Waals surface area contributed by atoms with Crippen molar-refractivity contribution in [2.45, 2.75) is 17.7 Å². The Hall–Kier alpha value is -4.23. The predicted molar refractivity (Wildman–Crippen MR) is 152 cm³/mol. The number of hydrogen-bond donors (Lipinski definition) is 1. The molecule has 38 heavy (non-hydrogen) atoms. The summed E-state index contributed by atoms with van der Waals surface area (Å²) in [6, 6.07) is 28.9. The number of nitrogens with one attached hydrogen (secondary N) is 1. The molecule has 0 fully saturated rings. The molecule has 0 spiro atoms. The summed E-state index contributed by atoms with van der Waals surface area (Å²) in [4.78, 5) is 29.3. The van der Waals surface area contributed by atoms with Crippen LogP contribution in [-0.4, -0.2) is 31.8 Å². The molecule has 0 aliphatic carbocycles. The van der Waals surface area contributed by atoms with Crippen LogP contribution in [-0.2, 0) is 17.6 Å². The number of nitrogens with zero attached hydrogens (tertiary/aromatic N) is 1. The van der Waals surface area contributed by atoms with Crippen LogP contribution < -0.4 is 19.7 Å². The molecule has 6 nitrogen and oxygen atoms in total. The van der Waals surface area contributed by atoms with Gasteiger partial charge in [-0.25, -0.2) is 0 Å². The van der Waals surface area contributed by atoms with Crippen molar-refractivity contribution in [1.82, 2.24) is 0 Å². The number of aryl methyl sites for hydroxylation is 2. The second-order valence-corrected chi connectivity index (χ2v) is 9.84. The Balaban J connectivity index is 1.29. The quantitative estimate of drug-likeness (QED) is 0.279. The molecular formula is C31H28N2O4S. The van der Waals surface area contributed by atoms with Crippen molar-refractivity contribution in [3.05, 3.63) is 108 Å². The van der Waals surface area contributed by atoms with E-state index in [1.165, 1.54) is 37.1 Å². The van der Waals surface area contributed by atoms with Crippen molar-refractivity contribution < 1.29 is 19.1 Å². The van der Waals surface area contributed by atoms with E-state index in [1.807, 2.05) is 65.6 Å². The van der Waals surface area contributed by atoms with Gasteiger partial charge in [-0.15, -0.1) is 11.8 Å². The first-order valence-corrected chi connectivity index (χ1v) is 13.3. The highest BCUT2D eigenvalue weighted by atomic mass is 32.2. The first-order valence-electron chi connectivity index (χ1n) is 12.3. The van der Waals surface area contributed by atoms with E-state index < -0.39 is 0 Å². The second-order valence-electron chi connectivity index (χ2n) is 8.79. The molecule has 0 bridgehead atoms. The number of amides is 2. The van der Waals surface area contributed by atoms with E-state index in [9.17, 15) is 9.59 Å². The van der Waals surface area contributed by atoms with Gasteiger partial charge in [0.05, 0.1) is 31.3 Å². The lowest BCUT2D eigenvalue weighted by Gasteiger charge is -2.25. The molecule has 7 heteroatoms. The third kappa shape index (κ3) is 5.24. The number of thioether (sulfide) groups is 1. The number of rotatable bonds is 7. The van der Waals surface area contributed by atoms with Crippen molar-refractivity contribution in [3.63, 3.8) is 0 Å². The van der Waals surface area contributed by atoms with Crippen LogP contribution in [0.15, 0.2) is 95.9 Å². The van der Waals surface area contributed by atoms with Crippen LogP contribution in [0.1, 0.15) is 21.5 Å². The fourth-order valence-corrected chi connectivity index (χ4v) is 5.41. The molecule has 0 unspecified atom stereocenters. The minimum atomic E-state index is -0.326. The number of carbonyl (C=O) groups excluding carboxylic acids is 2. The van der Waals surface area contributed by atoms with Gasteiger partial charge in [-0.2, -0.15) is 0 Å². The normalized spacial score (nSPS) is 12.1. The highest BCUT2D eigenvalue weighted by molar-refractivity contribution is 8.00. The summed E-state index contributed by atoms with van der Waals surface area (Å²) >= 11 is 1.47. The summed E-state index contributed by atoms with van der Waals surface area (Å²) in [7, 11) is 3.03. The fraction of sp³-hybridized carbons (Fsp3) is 0.161. The second kappa shape index (κ2) is 11.4. The van der Waals surface area contributed by atoms with E-state index in [2.05, 4.69) is 17.4 Å². The van der Waals surface area contributed by atoms with Gasteiger partial charge in [0.15, 0.2) is 0 Å². The number of fused-ring (bicyclic) bond motifs is 2. The van der Waals surface area contributed by atoms with Crippen LogP contribution in [0.2, 0.25) is 0 Å². The van der Waals surface area contributed by atoms with Crippen LogP contribution in [0, 0.1) is 0 Å². The SMILES string of the molecule is COc1cccc(OC)c1C(=O)Nc1ccc(SCC(=O)N2c3ccccc3CCc3ccccc32)cc1. The van der Waals surface area contributed by atoms with E-state index in [0.717, 1.165) is 29.1 Å². The highest BCUT2D eigenvalue weighted by Crippen LogP contribution is 2.37. The molecule has 0 saturated heterocycles. The Kier molecular flexibility index (Phi) is 7.65. The number of hydrogen-bond acceptors (Lipinski definition) is 5. The maximum atomic E-state index is 13.6. The zero-order valence-corrected chi connectivity index (χ0v) is 22.1. The van der Waals surface area contributed by atoms with Crippen molar-refractivity contribution in [2.75, 3.05) is 30.2 Å². The van der Waals surface area contributed by atoms with Gasteiger partial charge in [0, 0.05) is 10.6 Å². The molecule has 1 aliphatic rings. The number of methoxy groups -OCH3 is 2. The van der Waals surface area contributed by atoms with Crippen LogP contribution in [0.25, 0.3) is 0 Å². The minimum Gasteiger partial charge on any atom is -0.496 e. The first kappa shape index (κ1) is 25.4. The maximum Gasteiger partial charge on any atom is 0.263 e. The van der Waals surface area contributed by atoms with E-state index in [-0.39, 0.29) is 17.6 Å². The topological polar surface area (TPSA) is 67.9 Å². The highest BCUT2D eigenvalue weighted by Gasteiger charge is 2.25. The molecule has 0 atom stereocenters. The molecule has 5 rings (SSSR count). The molecule has 192 valence electrons. The van der Waals surface area contributed by atoms with Crippen LogP contribution in [0.3, 0.4) is 0 Å². The van der Waals surface area contributed by atoms with Crippen LogP contribution >= 0.6 is 11.8 Å². The Labute approximate surface area is 226 Å². The summed E-state index contributed by atoms with van der Waals surface area (Å²) in [6.07, 6.45) is 1.80. The summed E-state index contributed by atoms with van der Waals surface area (Å²) < 4.78 is 10.7. The van der Waals surface area contributed by atoms with Crippen molar-refractivity contribution in [2.24, 2.45) is 0 Å². The summed E-state index contributed by atoms with van der Waals surface area (Å²) in [5, 5.41) is 2.90. The molecule has 1 N–H and O–H groups in total. The molecule has 0 aromatic heterocycles. The molecule has 2 amide bonds. The summed E-state index contributed by atoms with van der Waals surface area (Å²) in [6.45, 7) is 0. The third-order valence-electron chi connectivity index (χ3n) is 6.51. The number of ether oxygens (including phenoxy) is 2. The molecule has 1 aliphatic heterocycles. The van der Waals surface area contributed by atoms with Crippen molar-refractivity contribution in [1.29, 1.82) is 0 Å². The Morgan fingerprint density at radius 2 is 1.32 bits per heavy atom. The van der Waals surface area contributed by atoms with Gasteiger partial charge in [-0.3, -0.25) is 14.5 Å². The van der Waals surface area contributed by atoms with Gasteiger partial charge in [0.1, 0.15) is 17.1 Å². The molecule has 4 aromatic rings. The monoisotopic (exact) mass is 524 g/mol. The van der Waals surface area contributed by atoms with Gasteiger partial charge in [0.25, 0.3) is 5.91 Å². The third-order valence-corrected chi connectivity index (χ3v) is 7.50. The van der Waals surface area contributed by atoms with Gasteiger partial charge >= 0.3 is 0 Å². The maximum absolute atomic E-state index is 13.6. The van der Waals surface area contributed by atoms with Gasteiger partial charge in [-0.05, 0) is 72.5 Å². The Bertz CT molecular complexity index is 1400. The lowest BCUT2D eigenvalue weighted by atomic mass is 10.0. The van der Waals surface area contributed by atoms with E-state index in [4.69, 9.17) is 9.47 Å².